The van der Waals surface area contributed by atoms with Gasteiger partial charge in [-0.3, -0.25) is 0 Å². The Morgan fingerprint density at radius 1 is 1.29 bits per heavy atom. The molecule has 1 aromatic carbocycles. The Hall–Kier alpha value is -1.35. The van der Waals surface area contributed by atoms with Gasteiger partial charge in [0.2, 0.25) is 0 Å². The molecular weight excluding hydrogens is 181 g/mol. The number of halogens is 1. The van der Waals surface area contributed by atoms with Gasteiger partial charge in [-0.15, -0.1) is 0 Å². The molecule has 2 N–H and O–H groups in total. The predicted molar refractivity (Wildman–Crippen MR) is 51.3 cm³/mol. The minimum atomic E-state index is -0.451. The average Bonchev–Trinajstić information content (AvgIpc) is 2.74. The summed E-state index contributed by atoms with van der Waals surface area (Å²) in [5, 5.41) is 0.810. The highest BCUT2D eigenvalue weighted by Gasteiger charge is 2.43. The van der Waals surface area contributed by atoms with Crippen LogP contribution in [0.5, 0.6) is 0 Å². The minimum absolute atomic E-state index is 0.223. The van der Waals surface area contributed by atoms with Gasteiger partial charge in [-0.25, -0.2) is 4.39 Å². The van der Waals surface area contributed by atoms with Gasteiger partial charge in [0, 0.05) is 16.5 Å². The Bertz CT molecular complexity index is 499. The largest absolute Gasteiger partial charge is 0.464 e. The van der Waals surface area contributed by atoms with Crippen molar-refractivity contribution in [1.29, 1.82) is 0 Å². The Kier molecular flexibility index (Phi) is 1.35. The van der Waals surface area contributed by atoms with Gasteiger partial charge >= 0.3 is 0 Å². The molecule has 3 rings (SSSR count). The van der Waals surface area contributed by atoms with E-state index in [9.17, 15) is 4.39 Å². The van der Waals surface area contributed by atoms with E-state index < -0.39 is 5.54 Å². The number of furan rings is 1. The van der Waals surface area contributed by atoms with E-state index in [1.54, 1.807) is 18.4 Å². The van der Waals surface area contributed by atoms with Crippen LogP contribution in [-0.4, -0.2) is 0 Å². The molecular formula is C11H10FNO. The summed E-state index contributed by atoms with van der Waals surface area (Å²) in [6.07, 6.45) is 3.28. The molecule has 2 aromatic rings. The number of rotatable bonds is 1. The molecule has 0 bridgehead atoms. The van der Waals surface area contributed by atoms with Gasteiger partial charge < -0.3 is 10.2 Å². The van der Waals surface area contributed by atoms with Gasteiger partial charge in [0.1, 0.15) is 11.4 Å². The first kappa shape index (κ1) is 8.00. The summed E-state index contributed by atoms with van der Waals surface area (Å²) in [4.78, 5) is 0. The summed E-state index contributed by atoms with van der Waals surface area (Å²) in [6, 6.07) is 4.84. The lowest BCUT2D eigenvalue weighted by atomic mass is 10.0. The van der Waals surface area contributed by atoms with E-state index >= 15 is 0 Å². The molecule has 0 atom stereocenters. The third kappa shape index (κ3) is 0.930. The Morgan fingerprint density at radius 3 is 2.79 bits per heavy atom. The molecule has 1 heterocycles. The van der Waals surface area contributed by atoms with Gasteiger partial charge in [0.15, 0.2) is 0 Å². The Morgan fingerprint density at radius 2 is 2.07 bits per heavy atom. The van der Waals surface area contributed by atoms with Gasteiger partial charge in [-0.05, 0) is 31.0 Å². The first-order valence-electron chi connectivity index (χ1n) is 4.66. The second-order valence-corrected chi connectivity index (χ2v) is 3.91. The highest BCUT2D eigenvalue weighted by molar-refractivity contribution is 5.82. The maximum atomic E-state index is 13.6. The van der Waals surface area contributed by atoms with Gasteiger partial charge in [0.25, 0.3) is 0 Å². The first-order chi connectivity index (χ1) is 6.71. The number of hydrogen-bond donors (Lipinski definition) is 1. The quantitative estimate of drug-likeness (QED) is 0.752. The van der Waals surface area contributed by atoms with E-state index in [2.05, 4.69) is 0 Å². The Labute approximate surface area is 80.5 Å². The molecule has 14 heavy (non-hydrogen) atoms. The van der Waals surface area contributed by atoms with Crippen molar-refractivity contribution in [2.45, 2.75) is 18.4 Å². The van der Waals surface area contributed by atoms with E-state index in [-0.39, 0.29) is 5.82 Å². The first-order valence-corrected chi connectivity index (χ1v) is 4.66. The summed E-state index contributed by atoms with van der Waals surface area (Å²) in [7, 11) is 0. The van der Waals surface area contributed by atoms with Crippen molar-refractivity contribution in [1.82, 2.24) is 0 Å². The second-order valence-electron chi connectivity index (χ2n) is 3.91. The summed E-state index contributed by atoms with van der Waals surface area (Å²) >= 11 is 0. The summed E-state index contributed by atoms with van der Waals surface area (Å²) in [5.41, 5.74) is 6.88. The molecule has 1 aliphatic carbocycles. The van der Waals surface area contributed by atoms with Crippen molar-refractivity contribution in [3.63, 3.8) is 0 Å². The molecule has 1 fully saturated rings. The Balaban J connectivity index is 2.38. The van der Waals surface area contributed by atoms with E-state index in [0.29, 0.717) is 11.1 Å². The molecule has 1 saturated carbocycles. The smallest absolute Gasteiger partial charge is 0.134 e. The molecule has 3 heteroatoms. The third-order valence-corrected chi connectivity index (χ3v) is 2.87. The number of hydrogen-bond acceptors (Lipinski definition) is 2. The van der Waals surface area contributed by atoms with Crippen molar-refractivity contribution in [3.05, 3.63) is 35.8 Å². The van der Waals surface area contributed by atoms with E-state index in [4.69, 9.17) is 10.2 Å². The van der Waals surface area contributed by atoms with Crippen LogP contribution < -0.4 is 5.73 Å². The van der Waals surface area contributed by atoms with Crippen molar-refractivity contribution in [2.24, 2.45) is 5.73 Å². The number of nitrogens with two attached hydrogens (primary N) is 1. The minimum Gasteiger partial charge on any atom is -0.464 e. The monoisotopic (exact) mass is 191 g/mol. The fraction of sp³-hybridized carbons (Fsp3) is 0.273. The molecule has 0 unspecified atom stereocenters. The van der Waals surface area contributed by atoms with E-state index in [1.807, 2.05) is 0 Å². The zero-order chi connectivity index (χ0) is 9.76. The summed E-state index contributed by atoms with van der Waals surface area (Å²) in [6.45, 7) is 0. The zero-order valence-electron chi connectivity index (χ0n) is 7.59. The lowest BCUT2D eigenvalue weighted by Gasteiger charge is -2.11. The van der Waals surface area contributed by atoms with Crippen molar-refractivity contribution < 1.29 is 8.81 Å². The standard InChI is InChI=1S/C11H10FNO/c12-8-1-2-9-7(3-6-14-9)10(8)11(13)4-5-11/h1-3,6H,4-5,13H2. The van der Waals surface area contributed by atoms with Crippen LogP contribution in [0.2, 0.25) is 0 Å². The predicted octanol–water partition coefficient (Wildman–Crippen LogP) is 2.52. The summed E-state index contributed by atoms with van der Waals surface area (Å²) in [5.74, 6) is -0.223. The van der Waals surface area contributed by atoms with Crippen LogP contribution in [0.15, 0.2) is 28.9 Å². The van der Waals surface area contributed by atoms with Crippen LogP contribution in [-0.2, 0) is 5.54 Å². The molecule has 0 spiro atoms. The van der Waals surface area contributed by atoms with Gasteiger partial charge in [-0.1, -0.05) is 0 Å². The normalized spacial score (nSPS) is 18.7. The van der Waals surface area contributed by atoms with Crippen LogP contribution >= 0.6 is 0 Å². The molecule has 72 valence electrons. The van der Waals surface area contributed by atoms with Gasteiger partial charge in [-0.2, -0.15) is 0 Å². The lowest BCUT2D eigenvalue weighted by molar-refractivity contribution is 0.578. The third-order valence-electron chi connectivity index (χ3n) is 2.87. The highest BCUT2D eigenvalue weighted by Crippen LogP contribution is 2.46. The SMILES string of the molecule is NC1(c2c(F)ccc3occc23)CC1. The maximum absolute atomic E-state index is 13.6. The van der Waals surface area contributed by atoms with Crippen LogP contribution in [0.4, 0.5) is 4.39 Å². The fourth-order valence-electron chi connectivity index (χ4n) is 1.91. The zero-order valence-corrected chi connectivity index (χ0v) is 7.59. The van der Waals surface area contributed by atoms with Crippen molar-refractivity contribution in [2.75, 3.05) is 0 Å². The average molecular weight is 191 g/mol. The summed E-state index contributed by atoms with van der Waals surface area (Å²) < 4.78 is 18.8. The van der Waals surface area contributed by atoms with Gasteiger partial charge in [0.05, 0.1) is 6.26 Å². The van der Waals surface area contributed by atoms with Crippen LogP contribution in [0.25, 0.3) is 11.0 Å². The molecule has 0 saturated heterocycles. The van der Waals surface area contributed by atoms with Crippen LogP contribution in [0.3, 0.4) is 0 Å². The van der Waals surface area contributed by atoms with Crippen LogP contribution in [0, 0.1) is 5.82 Å². The van der Waals surface area contributed by atoms with Crippen LogP contribution in [0.1, 0.15) is 18.4 Å². The molecule has 0 radical (unpaired) electrons. The van der Waals surface area contributed by atoms with Crippen molar-refractivity contribution in [3.8, 4) is 0 Å². The number of benzene rings is 1. The molecule has 1 aliphatic rings. The number of fused-ring (bicyclic) bond motifs is 1. The van der Waals surface area contributed by atoms with Crippen molar-refractivity contribution >= 4 is 11.0 Å². The molecule has 2 nitrogen and oxygen atoms in total. The maximum Gasteiger partial charge on any atom is 0.134 e. The van der Waals surface area contributed by atoms with E-state index in [1.165, 1.54) is 6.07 Å². The second kappa shape index (κ2) is 2.36. The fourth-order valence-corrected chi connectivity index (χ4v) is 1.91. The van der Waals surface area contributed by atoms with E-state index in [0.717, 1.165) is 18.2 Å². The molecule has 1 aromatic heterocycles. The lowest BCUT2D eigenvalue weighted by Crippen LogP contribution is -2.20. The highest BCUT2D eigenvalue weighted by atomic mass is 19.1. The topological polar surface area (TPSA) is 39.2 Å². The molecule has 0 amide bonds. The molecule has 0 aliphatic heterocycles.